The van der Waals surface area contributed by atoms with Gasteiger partial charge in [0, 0.05) is 12.6 Å². The first-order valence-corrected chi connectivity index (χ1v) is 10.3. The van der Waals surface area contributed by atoms with Crippen molar-refractivity contribution in [2.24, 2.45) is 0 Å². The van der Waals surface area contributed by atoms with Crippen LogP contribution in [0.25, 0.3) is 0 Å². The van der Waals surface area contributed by atoms with E-state index in [0.29, 0.717) is 13.0 Å². The summed E-state index contributed by atoms with van der Waals surface area (Å²) in [5, 5.41) is 6.13. The van der Waals surface area contributed by atoms with Crippen LogP contribution >= 0.6 is 0 Å². The number of benzene rings is 3. The summed E-state index contributed by atoms with van der Waals surface area (Å²) in [5.41, 5.74) is 3.50. The standard InChI is InChI=1S/C25H26N2O3/c28-25(26-14-13-19-7-3-1-4-8-19)27-22(15-20-9-5-2-6-10-20)16-21-11-12-23-24(17-21)30-18-29-23/h1-12,17,22H,13-16,18H2,(H2,26,27,28). The van der Waals surface area contributed by atoms with E-state index in [9.17, 15) is 4.79 Å². The van der Waals surface area contributed by atoms with Gasteiger partial charge in [-0.15, -0.1) is 0 Å². The molecule has 0 saturated heterocycles. The van der Waals surface area contributed by atoms with E-state index < -0.39 is 0 Å². The summed E-state index contributed by atoms with van der Waals surface area (Å²) in [7, 11) is 0. The van der Waals surface area contributed by atoms with Crippen LogP contribution in [0.4, 0.5) is 4.79 Å². The maximum atomic E-state index is 12.5. The van der Waals surface area contributed by atoms with Gasteiger partial charge in [-0.1, -0.05) is 66.7 Å². The molecule has 3 aromatic carbocycles. The van der Waals surface area contributed by atoms with Gasteiger partial charge in [0.05, 0.1) is 0 Å². The summed E-state index contributed by atoms with van der Waals surface area (Å²) in [6.45, 7) is 0.853. The Hall–Kier alpha value is -3.47. The van der Waals surface area contributed by atoms with E-state index in [1.807, 2.05) is 54.6 Å². The second-order valence-electron chi connectivity index (χ2n) is 7.41. The molecule has 0 aromatic heterocycles. The molecule has 1 unspecified atom stereocenters. The molecule has 30 heavy (non-hydrogen) atoms. The average Bonchev–Trinajstić information content (AvgIpc) is 3.23. The van der Waals surface area contributed by atoms with Crippen molar-refractivity contribution in [3.05, 3.63) is 95.6 Å². The number of ether oxygens (including phenoxy) is 2. The van der Waals surface area contributed by atoms with Gasteiger partial charge < -0.3 is 20.1 Å². The Morgan fingerprint density at radius 3 is 2.23 bits per heavy atom. The predicted octanol–water partition coefficient (Wildman–Crippen LogP) is 4.11. The first-order chi connectivity index (χ1) is 14.8. The van der Waals surface area contributed by atoms with Gasteiger partial charge in [0.1, 0.15) is 0 Å². The Labute approximate surface area is 177 Å². The molecule has 4 rings (SSSR count). The van der Waals surface area contributed by atoms with E-state index in [0.717, 1.165) is 29.9 Å². The fraction of sp³-hybridized carbons (Fsp3) is 0.240. The van der Waals surface area contributed by atoms with Crippen LogP contribution in [0.15, 0.2) is 78.9 Å². The highest BCUT2D eigenvalue weighted by Crippen LogP contribution is 2.32. The summed E-state index contributed by atoms with van der Waals surface area (Å²) < 4.78 is 10.9. The van der Waals surface area contributed by atoms with Gasteiger partial charge in [-0.3, -0.25) is 0 Å². The average molecular weight is 402 g/mol. The van der Waals surface area contributed by atoms with Crippen LogP contribution in [0.1, 0.15) is 16.7 Å². The molecule has 0 saturated carbocycles. The largest absolute Gasteiger partial charge is 0.454 e. The molecule has 1 aliphatic rings. The zero-order chi connectivity index (χ0) is 20.6. The van der Waals surface area contributed by atoms with Gasteiger partial charge in [0.2, 0.25) is 6.79 Å². The second-order valence-corrected chi connectivity index (χ2v) is 7.41. The molecule has 1 aliphatic heterocycles. The number of rotatable bonds is 8. The van der Waals surface area contributed by atoms with Crippen LogP contribution in [-0.2, 0) is 19.3 Å². The summed E-state index contributed by atoms with van der Waals surface area (Å²) in [6, 6.07) is 26.1. The number of carbonyl (C=O) groups is 1. The monoisotopic (exact) mass is 402 g/mol. The number of nitrogens with one attached hydrogen (secondary N) is 2. The van der Waals surface area contributed by atoms with Crippen LogP contribution < -0.4 is 20.1 Å². The summed E-state index contributed by atoms with van der Waals surface area (Å²) >= 11 is 0. The topological polar surface area (TPSA) is 59.6 Å². The molecule has 1 heterocycles. The van der Waals surface area contributed by atoms with Crippen LogP contribution in [-0.4, -0.2) is 25.4 Å². The molecule has 154 valence electrons. The molecule has 0 aliphatic carbocycles. The van der Waals surface area contributed by atoms with E-state index in [2.05, 4.69) is 34.9 Å². The smallest absolute Gasteiger partial charge is 0.315 e. The van der Waals surface area contributed by atoms with Crippen molar-refractivity contribution >= 4 is 6.03 Å². The van der Waals surface area contributed by atoms with Crippen molar-refractivity contribution < 1.29 is 14.3 Å². The van der Waals surface area contributed by atoms with Crippen molar-refractivity contribution in [3.63, 3.8) is 0 Å². The Balaban J connectivity index is 1.37. The Bertz CT molecular complexity index is 961. The molecule has 0 bridgehead atoms. The highest BCUT2D eigenvalue weighted by molar-refractivity contribution is 5.74. The molecular weight excluding hydrogens is 376 g/mol. The zero-order valence-corrected chi connectivity index (χ0v) is 16.8. The number of hydrogen-bond acceptors (Lipinski definition) is 3. The lowest BCUT2D eigenvalue weighted by atomic mass is 9.98. The number of hydrogen-bond donors (Lipinski definition) is 2. The van der Waals surface area contributed by atoms with Gasteiger partial charge >= 0.3 is 6.03 Å². The predicted molar refractivity (Wildman–Crippen MR) is 117 cm³/mol. The minimum absolute atomic E-state index is 0.0375. The molecule has 2 amide bonds. The third-order valence-electron chi connectivity index (χ3n) is 5.12. The highest BCUT2D eigenvalue weighted by Gasteiger charge is 2.17. The van der Waals surface area contributed by atoms with Gasteiger partial charge in [0.25, 0.3) is 0 Å². The number of urea groups is 1. The van der Waals surface area contributed by atoms with E-state index in [-0.39, 0.29) is 18.9 Å². The van der Waals surface area contributed by atoms with Gasteiger partial charge in [0.15, 0.2) is 11.5 Å². The fourth-order valence-corrected chi connectivity index (χ4v) is 3.63. The van der Waals surface area contributed by atoms with Crippen molar-refractivity contribution in [2.45, 2.75) is 25.3 Å². The van der Waals surface area contributed by atoms with Crippen LogP contribution in [0.3, 0.4) is 0 Å². The van der Waals surface area contributed by atoms with E-state index in [1.54, 1.807) is 0 Å². The van der Waals surface area contributed by atoms with Crippen molar-refractivity contribution in [3.8, 4) is 11.5 Å². The molecule has 0 spiro atoms. The van der Waals surface area contributed by atoms with E-state index in [1.165, 1.54) is 11.1 Å². The third-order valence-corrected chi connectivity index (χ3v) is 5.12. The SMILES string of the molecule is O=C(NCCc1ccccc1)NC(Cc1ccccc1)Cc1ccc2c(c1)OCO2. The minimum Gasteiger partial charge on any atom is -0.454 e. The molecule has 1 atom stereocenters. The first-order valence-electron chi connectivity index (χ1n) is 10.3. The fourth-order valence-electron chi connectivity index (χ4n) is 3.63. The van der Waals surface area contributed by atoms with Crippen LogP contribution in [0, 0.1) is 0 Å². The Morgan fingerprint density at radius 1 is 0.800 bits per heavy atom. The molecule has 3 aromatic rings. The second kappa shape index (κ2) is 9.83. The lowest BCUT2D eigenvalue weighted by molar-refractivity contribution is 0.174. The number of fused-ring (bicyclic) bond motifs is 1. The summed E-state index contributed by atoms with van der Waals surface area (Å²) in [6.07, 6.45) is 2.26. The van der Waals surface area contributed by atoms with Crippen LogP contribution in [0.5, 0.6) is 11.5 Å². The van der Waals surface area contributed by atoms with Crippen molar-refractivity contribution in [1.29, 1.82) is 0 Å². The van der Waals surface area contributed by atoms with E-state index >= 15 is 0 Å². The number of carbonyl (C=O) groups excluding carboxylic acids is 1. The highest BCUT2D eigenvalue weighted by atomic mass is 16.7. The minimum atomic E-state index is -0.146. The summed E-state index contributed by atoms with van der Waals surface area (Å²) in [4.78, 5) is 12.5. The normalized spacial score (nSPS) is 12.9. The molecule has 2 N–H and O–H groups in total. The zero-order valence-electron chi connectivity index (χ0n) is 16.8. The van der Waals surface area contributed by atoms with Crippen molar-refractivity contribution in [1.82, 2.24) is 10.6 Å². The van der Waals surface area contributed by atoms with E-state index in [4.69, 9.17) is 9.47 Å². The third kappa shape index (κ3) is 5.54. The maximum Gasteiger partial charge on any atom is 0.315 e. The lowest BCUT2D eigenvalue weighted by Gasteiger charge is -2.20. The quantitative estimate of drug-likeness (QED) is 0.596. The lowest BCUT2D eigenvalue weighted by Crippen LogP contribution is -2.44. The van der Waals surface area contributed by atoms with Gasteiger partial charge in [-0.25, -0.2) is 4.79 Å². The van der Waals surface area contributed by atoms with Crippen LogP contribution in [0.2, 0.25) is 0 Å². The maximum absolute atomic E-state index is 12.5. The molecule has 0 radical (unpaired) electrons. The molecule has 0 fully saturated rings. The molecule has 5 heteroatoms. The summed E-state index contributed by atoms with van der Waals surface area (Å²) in [5.74, 6) is 1.53. The molecular formula is C25H26N2O3. The first kappa shape index (κ1) is 19.8. The molecule has 5 nitrogen and oxygen atoms in total. The Kier molecular flexibility index (Phi) is 6.50. The van der Waals surface area contributed by atoms with Gasteiger partial charge in [-0.2, -0.15) is 0 Å². The Morgan fingerprint density at radius 2 is 1.47 bits per heavy atom. The number of amides is 2. The van der Waals surface area contributed by atoms with Gasteiger partial charge in [-0.05, 0) is 48.1 Å². The van der Waals surface area contributed by atoms with Crippen molar-refractivity contribution in [2.75, 3.05) is 13.3 Å².